The predicted octanol–water partition coefficient (Wildman–Crippen LogP) is 1.57. The summed E-state index contributed by atoms with van der Waals surface area (Å²) in [6, 6.07) is 0. The highest BCUT2D eigenvalue weighted by molar-refractivity contribution is 7.41. The molecule has 0 saturated carbocycles. The van der Waals surface area contributed by atoms with E-state index >= 15 is 0 Å². The molecule has 0 saturated heterocycles. The molecule has 0 aromatic rings. The summed E-state index contributed by atoms with van der Waals surface area (Å²) in [7, 11) is 5.06. The quantitative estimate of drug-likeness (QED) is 0.588. The second-order valence-corrected chi connectivity index (χ2v) is 4.04. The third-order valence-corrected chi connectivity index (χ3v) is 2.80. The van der Waals surface area contributed by atoms with Crippen LogP contribution in [-0.2, 0) is 23.0 Å². The van der Waals surface area contributed by atoms with Gasteiger partial charge in [0.2, 0.25) is 0 Å². The Morgan fingerprint density at radius 3 is 1.93 bits per heavy atom. The van der Waals surface area contributed by atoms with E-state index in [1.54, 1.807) is 14.2 Å². The highest BCUT2D eigenvalue weighted by atomic mass is 31.2. The Morgan fingerprint density at radius 2 is 1.57 bits per heavy atom. The summed E-state index contributed by atoms with van der Waals surface area (Å²) in [5, 5.41) is 0. The van der Waals surface area contributed by atoms with Crippen LogP contribution in [0, 0.1) is 0 Å². The topological polar surface area (TPSA) is 46.2 Å². The van der Waals surface area contributed by atoms with Gasteiger partial charge in [0.1, 0.15) is 6.10 Å². The van der Waals surface area contributed by atoms with Gasteiger partial charge in [-0.05, 0) is 6.92 Å². The van der Waals surface area contributed by atoms with E-state index in [0.717, 1.165) is 0 Å². The molecule has 0 aliphatic rings. The van der Waals surface area contributed by atoms with Crippen LogP contribution in [0.1, 0.15) is 6.92 Å². The van der Waals surface area contributed by atoms with Gasteiger partial charge in [0, 0.05) is 28.4 Å². The number of hydrogen-bond donors (Lipinski definition) is 0. The maximum Gasteiger partial charge on any atom is 0.332 e. The molecule has 0 fully saturated rings. The van der Waals surface area contributed by atoms with Crippen LogP contribution in [0.3, 0.4) is 0 Å². The van der Waals surface area contributed by atoms with E-state index in [0.29, 0.717) is 6.61 Å². The zero-order valence-corrected chi connectivity index (χ0v) is 10.2. The normalized spacial score (nSPS) is 15.9. The summed E-state index contributed by atoms with van der Waals surface area (Å²) in [5.41, 5.74) is 0. The second kappa shape index (κ2) is 8.53. The van der Waals surface area contributed by atoms with Gasteiger partial charge in [-0.3, -0.25) is 0 Å². The van der Waals surface area contributed by atoms with Crippen molar-refractivity contribution < 1.29 is 23.0 Å². The van der Waals surface area contributed by atoms with E-state index in [-0.39, 0.29) is 12.2 Å². The molecule has 5 nitrogen and oxygen atoms in total. The maximum absolute atomic E-state index is 5.33. The van der Waals surface area contributed by atoms with Crippen molar-refractivity contribution in [3.63, 3.8) is 0 Å². The molecule has 2 unspecified atom stereocenters. The van der Waals surface area contributed by atoms with Crippen LogP contribution in [0.5, 0.6) is 0 Å². The lowest BCUT2D eigenvalue weighted by Gasteiger charge is -2.22. The zero-order valence-electron chi connectivity index (χ0n) is 9.35. The van der Waals surface area contributed by atoms with Crippen molar-refractivity contribution in [2.75, 3.05) is 35.0 Å². The molecule has 6 heteroatoms. The summed E-state index contributed by atoms with van der Waals surface area (Å²) in [5.74, 6) is 0. The summed E-state index contributed by atoms with van der Waals surface area (Å²) in [6.07, 6.45) is -0.138. The van der Waals surface area contributed by atoms with Gasteiger partial charge >= 0.3 is 8.60 Å². The summed E-state index contributed by atoms with van der Waals surface area (Å²) < 4.78 is 25.5. The van der Waals surface area contributed by atoms with Crippen molar-refractivity contribution in [1.82, 2.24) is 0 Å². The lowest BCUT2D eigenvalue weighted by Crippen LogP contribution is -2.31. The minimum Gasteiger partial charge on any atom is -0.379 e. The van der Waals surface area contributed by atoms with E-state index < -0.39 is 8.60 Å². The van der Waals surface area contributed by atoms with Crippen molar-refractivity contribution >= 4 is 8.60 Å². The highest BCUT2D eigenvalue weighted by Crippen LogP contribution is 2.37. The number of hydrogen-bond acceptors (Lipinski definition) is 5. The van der Waals surface area contributed by atoms with Gasteiger partial charge < -0.3 is 23.0 Å². The van der Waals surface area contributed by atoms with Crippen molar-refractivity contribution in [2.45, 2.75) is 19.1 Å². The fourth-order valence-corrected chi connectivity index (χ4v) is 1.49. The number of rotatable bonds is 8. The minimum absolute atomic E-state index is 0.0226. The van der Waals surface area contributed by atoms with Gasteiger partial charge in [0.25, 0.3) is 0 Å². The molecule has 14 heavy (non-hydrogen) atoms. The Hall–Kier alpha value is 0.230. The largest absolute Gasteiger partial charge is 0.379 e. The Bertz CT molecular complexity index is 131. The average Bonchev–Trinajstić information content (AvgIpc) is 2.24. The van der Waals surface area contributed by atoms with Crippen LogP contribution in [0.2, 0.25) is 0 Å². The van der Waals surface area contributed by atoms with E-state index in [9.17, 15) is 0 Å². The van der Waals surface area contributed by atoms with E-state index in [2.05, 4.69) is 0 Å². The molecule has 0 heterocycles. The van der Waals surface area contributed by atoms with E-state index in [4.69, 9.17) is 23.0 Å². The van der Waals surface area contributed by atoms with Gasteiger partial charge in [0.05, 0.1) is 12.7 Å². The first-order valence-electron chi connectivity index (χ1n) is 4.26. The minimum atomic E-state index is -1.26. The summed E-state index contributed by atoms with van der Waals surface area (Å²) >= 11 is 0. The van der Waals surface area contributed by atoms with Gasteiger partial charge in [-0.15, -0.1) is 0 Å². The Morgan fingerprint density at radius 1 is 1.00 bits per heavy atom. The molecule has 0 N–H and O–H groups in total. The Balaban J connectivity index is 3.81. The third kappa shape index (κ3) is 5.20. The fraction of sp³-hybridized carbons (Fsp3) is 1.00. The molecule has 0 aromatic carbocycles. The van der Waals surface area contributed by atoms with Gasteiger partial charge in [0.15, 0.2) is 0 Å². The standard InChI is InChI=1S/C8H19O5P/c1-7(9-2)8(10-3)6-13-14(11-4)12-5/h7-8H,6H2,1-5H3. The van der Waals surface area contributed by atoms with Crippen LogP contribution in [0.4, 0.5) is 0 Å². The number of methoxy groups -OCH3 is 2. The van der Waals surface area contributed by atoms with Crippen molar-refractivity contribution in [3.05, 3.63) is 0 Å². The molecule has 86 valence electrons. The highest BCUT2D eigenvalue weighted by Gasteiger charge is 2.19. The van der Waals surface area contributed by atoms with Gasteiger partial charge in [-0.2, -0.15) is 0 Å². The maximum atomic E-state index is 5.33. The number of ether oxygens (including phenoxy) is 2. The van der Waals surface area contributed by atoms with Crippen molar-refractivity contribution in [3.8, 4) is 0 Å². The monoisotopic (exact) mass is 226 g/mol. The molecule has 0 spiro atoms. The first-order valence-corrected chi connectivity index (χ1v) is 5.36. The smallest absolute Gasteiger partial charge is 0.332 e. The third-order valence-electron chi connectivity index (χ3n) is 1.84. The molecule has 0 rings (SSSR count). The molecular weight excluding hydrogens is 207 g/mol. The molecule has 0 aromatic heterocycles. The molecule has 0 radical (unpaired) electrons. The molecular formula is C8H19O5P. The van der Waals surface area contributed by atoms with Crippen molar-refractivity contribution in [1.29, 1.82) is 0 Å². The second-order valence-electron chi connectivity index (χ2n) is 2.60. The van der Waals surface area contributed by atoms with Gasteiger partial charge in [-0.1, -0.05) is 0 Å². The molecule has 0 aliphatic heterocycles. The zero-order chi connectivity index (χ0) is 11.0. The fourth-order valence-electron chi connectivity index (χ4n) is 0.861. The average molecular weight is 226 g/mol. The lowest BCUT2D eigenvalue weighted by molar-refractivity contribution is -0.0486. The van der Waals surface area contributed by atoms with Crippen molar-refractivity contribution in [2.24, 2.45) is 0 Å². The van der Waals surface area contributed by atoms with Crippen LogP contribution in [0.15, 0.2) is 0 Å². The Kier molecular flexibility index (Phi) is 8.67. The van der Waals surface area contributed by atoms with Gasteiger partial charge in [-0.25, -0.2) is 0 Å². The SMILES string of the molecule is COC(C)C(COP(OC)OC)OC. The van der Waals surface area contributed by atoms with Crippen LogP contribution < -0.4 is 0 Å². The summed E-state index contributed by atoms with van der Waals surface area (Å²) in [4.78, 5) is 0. The Labute approximate surface area is 86.6 Å². The lowest BCUT2D eigenvalue weighted by atomic mass is 10.2. The van der Waals surface area contributed by atoms with E-state index in [1.807, 2.05) is 6.92 Å². The predicted molar refractivity (Wildman–Crippen MR) is 54.2 cm³/mol. The van der Waals surface area contributed by atoms with Crippen LogP contribution >= 0.6 is 8.60 Å². The first kappa shape index (κ1) is 14.2. The molecule has 0 aliphatic carbocycles. The molecule has 0 amide bonds. The molecule has 0 bridgehead atoms. The summed E-state index contributed by atoms with van der Waals surface area (Å²) in [6.45, 7) is 2.30. The van der Waals surface area contributed by atoms with Crippen LogP contribution in [0.25, 0.3) is 0 Å². The van der Waals surface area contributed by atoms with Crippen LogP contribution in [-0.4, -0.2) is 47.3 Å². The van der Waals surface area contributed by atoms with E-state index in [1.165, 1.54) is 14.2 Å². The first-order chi connectivity index (χ1) is 6.69. The molecule has 2 atom stereocenters.